The zero-order valence-corrected chi connectivity index (χ0v) is 11.6. The molecule has 6 nitrogen and oxygen atoms in total. The number of halogens is 2. The number of aromatic nitrogens is 2. The van der Waals surface area contributed by atoms with Gasteiger partial charge < -0.3 is 4.74 Å². The van der Waals surface area contributed by atoms with E-state index in [1.165, 1.54) is 11.6 Å². The first kappa shape index (κ1) is 13.6. The summed E-state index contributed by atoms with van der Waals surface area (Å²) in [6, 6.07) is 4.82. The minimum absolute atomic E-state index is 0.0162. The van der Waals surface area contributed by atoms with Crippen LogP contribution in [0.2, 0.25) is 10.0 Å². The first-order chi connectivity index (χ1) is 8.91. The van der Waals surface area contributed by atoms with E-state index in [1.807, 2.05) is 0 Å². The van der Waals surface area contributed by atoms with E-state index in [1.54, 1.807) is 25.2 Å². The Labute approximate surface area is 118 Å². The third-order valence-corrected chi connectivity index (χ3v) is 3.03. The Morgan fingerprint density at radius 3 is 2.47 bits per heavy atom. The van der Waals surface area contributed by atoms with Crippen molar-refractivity contribution in [2.24, 2.45) is 7.05 Å². The van der Waals surface area contributed by atoms with Gasteiger partial charge in [0.25, 0.3) is 5.88 Å². The minimum atomic E-state index is -0.553. The molecule has 1 heterocycles. The molecule has 2 aromatic rings. The molecule has 0 saturated heterocycles. The van der Waals surface area contributed by atoms with Crippen LogP contribution < -0.4 is 4.74 Å². The van der Waals surface area contributed by atoms with Gasteiger partial charge >= 0.3 is 5.69 Å². The van der Waals surface area contributed by atoms with Crippen LogP contribution >= 0.6 is 23.2 Å². The van der Waals surface area contributed by atoms with E-state index in [0.29, 0.717) is 0 Å². The highest BCUT2D eigenvalue weighted by molar-refractivity contribution is 6.37. The summed E-state index contributed by atoms with van der Waals surface area (Å²) in [7, 11) is 1.54. The Morgan fingerprint density at radius 2 is 1.95 bits per heavy atom. The fraction of sp³-hybridized carbons (Fsp3) is 0.182. The number of hydrogen-bond donors (Lipinski definition) is 0. The Morgan fingerprint density at radius 1 is 1.37 bits per heavy atom. The normalized spacial score (nSPS) is 10.5. The van der Waals surface area contributed by atoms with Gasteiger partial charge in [-0.15, -0.1) is 0 Å². The minimum Gasteiger partial charge on any atom is -0.431 e. The van der Waals surface area contributed by atoms with Crippen molar-refractivity contribution >= 4 is 28.9 Å². The largest absolute Gasteiger partial charge is 0.431 e. The van der Waals surface area contributed by atoms with E-state index in [2.05, 4.69) is 5.10 Å². The first-order valence-corrected chi connectivity index (χ1v) is 5.97. The van der Waals surface area contributed by atoms with Gasteiger partial charge in [-0.2, -0.15) is 5.10 Å². The predicted octanol–water partition coefficient (Wildman–Crippen LogP) is 3.74. The van der Waals surface area contributed by atoms with Gasteiger partial charge in [-0.3, -0.25) is 10.1 Å². The number of nitrogens with zero attached hydrogens (tertiary/aromatic N) is 3. The molecule has 100 valence electrons. The Kier molecular flexibility index (Phi) is 3.64. The summed E-state index contributed by atoms with van der Waals surface area (Å²) in [6.07, 6.45) is 0. The van der Waals surface area contributed by atoms with E-state index >= 15 is 0 Å². The van der Waals surface area contributed by atoms with E-state index < -0.39 is 4.92 Å². The summed E-state index contributed by atoms with van der Waals surface area (Å²) in [5.74, 6) is 0.148. The average Bonchev–Trinajstić information content (AvgIpc) is 2.58. The van der Waals surface area contributed by atoms with Gasteiger partial charge in [0, 0.05) is 7.05 Å². The van der Waals surface area contributed by atoms with Crippen molar-refractivity contribution in [2.75, 3.05) is 0 Å². The SMILES string of the molecule is Cc1nn(C)c(Oc2c(Cl)cccc2Cl)c1[N+](=O)[O-]. The second-order valence-corrected chi connectivity index (χ2v) is 4.59. The van der Waals surface area contributed by atoms with Crippen molar-refractivity contribution in [1.82, 2.24) is 9.78 Å². The van der Waals surface area contributed by atoms with Gasteiger partial charge in [0.15, 0.2) is 5.75 Å². The van der Waals surface area contributed by atoms with E-state index in [0.717, 1.165) is 0 Å². The quantitative estimate of drug-likeness (QED) is 0.639. The number of hydrogen-bond acceptors (Lipinski definition) is 4. The van der Waals surface area contributed by atoms with Gasteiger partial charge in [0.05, 0.1) is 15.0 Å². The number of aryl methyl sites for hydroxylation is 2. The summed E-state index contributed by atoms with van der Waals surface area (Å²) >= 11 is 11.9. The van der Waals surface area contributed by atoms with Crippen LogP contribution in [0, 0.1) is 17.0 Å². The van der Waals surface area contributed by atoms with Crippen LogP contribution in [0.3, 0.4) is 0 Å². The highest BCUT2D eigenvalue weighted by Gasteiger charge is 2.27. The average molecular weight is 302 g/mol. The van der Waals surface area contributed by atoms with Crippen molar-refractivity contribution in [3.05, 3.63) is 44.1 Å². The number of benzene rings is 1. The van der Waals surface area contributed by atoms with Crippen molar-refractivity contribution in [3.8, 4) is 11.6 Å². The molecule has 0 radical (unpaired) electrons. The first-order valence-electron chi connectivity index (χ1n) is 5.21. The summed E-state index contributed by atoms with van der Waals surface area (Å²) in [5.41, 5.74) is 0.0455. The summed E-state index contributed by atoms with van der Waals surface area (Å²) < 4.78 is 6.75. The molecule has 0 fully saturated rings. The zero-order chi connectivity index (χ0) is 14.2. The Hall–Kier alpha value is -1.79. The molecule has 0 aliphatic carbocycles. The number of rotatable bonds is 3. The molecule has 19 heavy (non-hydrogen) atoms. The molecule has 0 unspecified atom stereocenters. The van der Waals surface area contributed by atoms with Crippen LogP contribution in [0.1, 0.15) is 5.69 Å². The molecule has 0 spiro atoms. The lowest BCUT2D eigenvalue weighted by molar-refractivity contribution is -0.386. The van der Waals surface area contributed by atoms with Crippen LogP contribution in [0.4, 0.5) is 5.69 Å². The van der Waals surface area contributed by atoms with E-state index in [4.69, 9.17) is 27.9 Å². The second kappa shape index (κ2) is 5.07. The molecule has 1 aromatic heterocycles. The molecular formula is C11H9Cl2N3O3. The highest BCUT2D eigenvalue weighted by Crippen LogP contribution is 2.39. The predicted molar refractivity (Wildman–Crippen MR) is 71.1 cm³/mol. The number of para-hydroxylation sites is 1. The number of ether oxygens (including phenoxy) is 1. The fourth-order valence-corrected chi connectivity index (χ4v) is 2.10. The van der Waals surface area contributed by atoms with Crippen LogP contribution in [-0.4, -0.2) is 14.7 Å². The third-order valence-electron chi connectivity index (χ3n) is 2.44. The Bertz CT molecular complexity index is 635. The van der Waals surface area contributed by atoms with Crippen molar-refractivity contribution in [2.45, 2.75) is 6.92 Å². The molecule has 0 aliphatic rings. The maximum Gasteiger partial charge on any atom is 0.353 e. The zero-order valence-electron chi connectivity index (χ0n) is 10.1. The molecule has 1 aromatic carbocycles. The van der Waals surface area contributed by atoms with Gasteiger partial charge in [0.2, 0.25) is 0 Å². The van der Waals surface area contributed by atoms with E-state index in [-0.39, 0.29) is 33.1 Å². The van der Waals surface area contributed by atoms with Crippen LogP contribution in [-0.2, 0) is 7.05 Å². The molecule has 0 atom stereocenters. The molecule has 0 bridgehead atoms. The Balaban J connectivity index is 2.53. The lowest BCUT2D eigenvalue weighted by Gasteiger charge is -2.08. The summed E-state index contributed by atoms with van der Waals surface area (Å²) in [4.78, 5) is 10.5. The van der Waals surface area contributed by atoms with Crippen molar-refractivity contribution in [1.29, 1.82) is 0 Å². The standard InChI is InChI=1S/C11H9Cl2N3O3/c1-6-9(16(17)18)11(15(2)14-6)19-10-7(12)4-3-5-8(10)13/h3-5H,1-2H3. The van der Waals surface area contributed by atoms with Gasteiger partial charge in [0.1, 0.15) is 5.69 Å². The monoisotopic (exact) mass is 301 g/mol. The van der Waals surface area contributed by atoms with Gasteiger partial charge in [-0.1, -0.05) is 29.3 Å². The van der Waals surface area contributed by atoms with Gasteiger partial charge in [-0.05, 0) is 19.1 Å². The fourth-order valence-electron chi connectivity index (χ4n) is 1.63. The number of nitro groups is 1. The molecule has 2 rings (SSSR count). The summed E-state index contributed by atoms with van der Waals surface area (Å²) in [6.45, 7) is 1.53. The molecule has 0 N–H and O–H groups in total. The molecule has 0 aliphatic heterocycles. The molecule has 0 saturated carbocycles. The lowest BCUT2D eigenvalue weighted by Crippen LogP contribution is -1.98. The van der Waals surface area contributed by atoms with Crippen molar-refractivity contribution in [3.63, 3.8) is 0 Å². The highest BCUT2D eigenvalue weighted by atomic mass is 35.5. The summed E-state index contributed by atoms with van der Waals surface area (Å²) in [5, 5.41) is 15.5. The van der Waals surface area contributed by atoms with Crippen LogP contribution in [0.15, 0.2) is 18.2 Å². The maximum atomic E-state index is 11.0. The molecule has 0 amide bonds. The van der Waals surface area contributed by atoms with Crippen LogP contribution in [0.25, 0.3) is 0 Å². The van der Waals surface area contributed by atoms with Gasteiger partial charge in [-0.25, -0.2) is 4.68 Å². The molecule has 8 heteroatoms. The molecular weight excluding hydrogens is 293 g/mol. The van der Waals surface area contributed by atoms with Crippen molar-refractivity contribution < 1.29 is 9.66 Å². The van der Waals surface area contributed by atoms with E-state index in [9.17, 15) is 10.1 Å². The smallest absolute Gasteiger partial charge is 0.353 e. The lowest BCUT2D eigenvalue weighted by atomic mass is 10.3. The second-order valence-electron chi connectivity index (χ2n) is 3.77. The third kappa shape index (κ3) is 2.50. The van der Waals surface area contributed by atoms with Crippen LogP contribution in [0.5, 0.6) is 11.6 Å². The maximum absolute atomic E-state index is 11.0. The topological polar surface area (TPSA) is 70.2 Å².